The fourth-order valence-electron chi connectivity index (χ4n) is 2.07. The molecule has 152 valence electrons. The number of rotatable bonds is 9. The zero-order valence-electron chi connectivity index (χ0n) is 15.8. The first-order valence-corrected chi connectivity index (χ1v) is 10.0. The summed E-state index contributed by atoms with van der Waals surface area (Å²) in [5, 5.41) is 6.30. The van der Waals surface area contributed by atoms with Crippen LogP contribution in [0.3, 0.4) is 0 Å². The van der Waals surface area contributed by atoms with Crippen LogP contribution in [0.1, 0.15) is 44.8 Å². The van der Waals surface area contributed by atoms with Crippen LogP contribution in [0, 0.1) is 0 Å². The van der Waals surface area contributed by atoms with Gasteiger partial charge in [-0.2, -0.15) is 4.98 Å². The molecule has 0 bridgehead atoms. The van der Waals surface area contributed by atoms with Gasteiger partial charge in [0.25, 0.3) is 5.89 Å². The number of hydrogen-bond acceptors (Lipinski definition) is 8. The third-order valence-corrected chi connectivity index (χ3v) is 4.94. The Bertz CT molecular complexity index is 921. The van der Waals surface area contributed by atoms with E-state index >= 15 is 0 Å². The molecule has 0 unspecified atom stereocenters. The fourth-order valence-corrected chi connectivity index (χ4v) is 3.10. The molecule has 1 aromatic heterocycles. The van der Waals surface area contributed by atoms with Gasteiger partial charge in [0.15, 0.2) is 12.4 Å². The zero-order valence-corrected chi connectivity index (χ0v) is 16.6. The number of sulfonamides is 1. The van der Waals surface area contributed by atoms with E-state index in [-0.39, 0.29) is 42.2 Å². The molecule has 0 saturated heterocycles. The van der Waals surface area contributed by atoms with Crippen LogP contribution in [0.2, 0.25) is 0 Å². The standard InChI is InChI=1S/C17H22N4O6S/c1-11(2)17-20-15(27-21-17)10-26-16(23)8-9-18-28(24,25)14-6-4-13(5-7-14)19-12(3)22/h4-7,11,18H,8-10H2,1-3H3,(H,19,22). The van der Waals surface area contributed by atoms with E-state index in [9.17, 15) is 18.0 Å². The van der Waals surface area contributed by atoms with Gasteiger partial charge in [0.1, 0.15) is 0 Å². The Morgan fingerprint density at radius 1 is 1.21 bits per heavy atom. The summed E-state index contributed by atoms with van der Waals surface area (Å²) < 4.78 is 36.7. The monoisotopic (exact) mass is 410 g/mol. The average Bonchev–Trinajstić information content (AvgIpc) is 3.09. The number of nitrogens with one attached hydrogen (secondary N) is 2. The number of amides is 1. The molecular formula is C17H22N4O6S. The first-order valence-electron chi connectivity index (χ1n) is 8.53. The van der Waals surface area contributed by atoms with Gasteiger partial charge < -0.3 is 14.6 Å². The molecule has 1 aromatic carbocycles. The number of ether oxygens (including phenoxy) is 1. The molecule has 0 radical (unpaired) electrons. The molecule has 0 aliphatic carbocycles. The van der Waals surface area contributed by atoms with Crippen LogP contribution in [-0.4, -0.2) is 37.0 Å². The Kier molecular flexibility index (Phi) is 7.24. The van der Waals surface area contributed by atoms with Gasteiger partial charge in [0.2, 0.25) is 15.9 Å². The molecular weight excluding hydrogens is 388 g/mol. The van der Waals surface area contributed by atoms with Crippen molar-refractivity contribution in [3.8, 4) is 0 Å². The Hall–Kier alpha value is -2.79. The lowest BCUT2D eigenvalue weighted by Gasteiger charge is -2.08. The maximum absolute atomic E-state index is 12.2. The van der Waals surface area contributed by atoms with Crippen molar-refractivity contribution in [2.24, 2.45) is 0 Å². The van der Waals surface area contributed by atoms with E-state index in [0.717, 1.165) is 0 Å². The van der Waals surface area contributed by atoms with Crippen molar-refractivity contribution in [3.63, 3.8) is 0 Å². The van der Waals surface area contributed by atoms with Gasteiger partial charge in [-0.05, 0) is 24.3 Å². The van der Waals surface area contributed by atoms with Crippen LogP contribution in [0.5, 0.6) is 0 Å². The van der Waals surface area contributed by atoms with Crippen molar-refractivity contribution >= 4 is 27.6 Å². The topological polar surface area (TPSA) is 140 Å². The lowest BCUT2D eigenvalue weighted by atomic mass is 10.2. The number of esters is 1. The third-order valence-electron chi connectivity index (χ3n) is 3.46. The number of carbonyl (C=O) groups is 2. The normalized spacial score (nSPS) is 11.4. The van der Waals surface area contributed by atoms with E-state index in [0.29, 0.717) is 11.5 Å². The lowest BCUT2D eigenvalue weighted by Crippen LogP contribution is -2.26. The minimum absolute atomic E-state index is 0.0158. The fraction of sp³-hybridized carbons (Fsp3) is 0.412. The van der Waals surface area contributed by atoms with Crippen molar-refractivity contribution in [2.75, 3.05) is 11.9 Å². The molecule has 0 spiro atoms. The number of carbonyl (C=O) groups excluding carboxylic acids is 2. The predicted octanol–water partition coefficient (Wildman–Crippen LogP) is 1.56. The zero-order chi connectivity index (χ0) is 20.7. The summed E-state index contributed by atoms with van der Waals surface area (Å²) in [4.78, 5) is 26.8. The molecule has 1 amide bonds. The van der Waals surface area contributed by atoms with Crippen molar-refractivity contribution in [1.29, 1.82) is 0 Å². The Morgan fingerprint density at radius 2 is 1.89 bits per heavy atom. The van der Waals surface area contributed by atoms with Crippen LogP contribution < -0.4 is 10.0 Å². The third kappa shape index (κ3) is 6.43. The van der Waals surface area contributed by atoms with Crippen LogP contribution in [0.4, 0.5) is 5.69 Å². The Morgan fingerprint density at radius 3 is 2.46 bits per heavy atom. The van der Waals surface area contributed by atoms with Gasteiger partial charge in [-0.25, -0.2) is 13.1 Å². The lowest BCUT2D eigenvalue weighted by molar-refractivity contribution is -0.145. The van der Waals surface area contributed by atoms with E-state index in [1.165, 1.54) is 31.2 Å². The summed E-state index contributed by atoms with van der Waals surface area (Å²) in [6.07, 6.45) is -0.158. The van der Waals surface area contributed by atoms with Crippen molar-refractivity contribution in [1.82, 2.24) is 14.9 Å². The number of aromatic nitrogens is 2. The first kappa shape index (κ1) is 21.5. The molecule has 0 aliphatic heterocycles. The smallest absolute Gasteiger partial charge is 0.307 e. The molecule has 2 aromatic rings. The number of hydrogen-bond donors (Lipinski definition) is 2. The van der Waals surface area contributed by atoms with Gasteiger partial charge >= 0.3 is 5.97 Å². The highest BCUT2D eigenvalue weighted by atomic mass is 32.2. The highest BCUT2D eigenvalue weighted by Gasteiger charge is 2.16. The molecule has 0 fully saturated rings. The minimum Gasteiger partial charge on any atom is -0.456 e. The predicted molar refractivity (Wildman–Crippen MR) is 98.7 cm³/mol. The number of anilines is 1. The molecule has 2 N–H and O–H groups in total. The molecule has 0 saturated carbocycles. The van der Waals surface area contributed by atoms with Gasteiger partial charge in [-0.15, -0.1) is 0 Å². The maximum atomic E-state index is 12.2. The van der Waals surface area contributed by atoms with Gasteiger partial charge in [0, 0.05) is 25.1 Å². The van der Waals surface area contributed by atoms with E-state index in [1.54, 1.807) is 0 Å². The number of nitrogens with zero attached hydrogens (tertiary/aromatic N) is 2. The molecule has 2 rings (SSSR count). The van der Waals surface area contributed by atoms with Gasteiger partial charge in [0.05, 0.1) is 11.3 Å². The Labute approximate surface area is 162 Å². The minimum atomic E-state index is -3.79. The summed E-state index contributed by atoms with van der Waals surface area (Å²) >= 11 is 0. The van der Waals surface area contributed by atoms with Crippen molar-refractivity contribution in [2.45, 2.75) is 44.6 Å². The summed E-state index contributed by atoms with van der Waals surface area (Å²) in [7, 11) is -3.79. The second kappa shape index (κ2) is 9.42. The van der Waals surface area contributed by atoms with Gasteiger partial charge in [-0.1, -0.05) is 19.0 Å². The molecule has 10 nitrogen and oxygen atoms in total. The van der Waals surface area contributed by atoms with Crippen molar-refractivity contribution in [3.05, 3.63) is 36.0 Å². The maximum Gasteiger partial charge on any atom is 0.307 e. The summed E-state index contributed by atoms with van der Waals surface area (Å²) in [5.41, 5.74) is 0.483. The van der Waals surface area contributed by atoms with Crippen LogP contribution in [-0.2, 0) is 31.0 Å². The largest absolute Gasteiger partial charge is 0.456 e. The van der Waals surface area contributed by atoms with Crippen LogP contribution in [0.15, 0.2) is 33.7 Å². The average molecular weight is 410 g/mol. The van der Waals surface area contributed by atoms with Crippen LogP contribution in [0.25, 0.3) is 0 Å². The second-order valence-electron chi connectivity index (χ2n) is 6.22. The molecule has 28 heavy (non-hydrogen) atoms. The highest BCUT2D eigenvalue weighted by molar-refractivity contribution is 7.89. The second-order valence-corrected chi connectivity index (χ2v) is 7.98. The van der Waals surface area contributed by atoms with Gasteiger partial charge in [-0.3, -0.25) is 9.59 Å². The quantitative estimate of drug-likeness (QED) is 0.594. The molecule has 11 heteroatoms. The summed E-state index contributed by atoms with van der Waals surface area (Å²) in [6, 6.07) is 5.65. The van der Waals surface area contributed by atoms with E-state index in [2.05, 4.69) is 20.2 Å². The molecule has 0 atom stereocenters. The Balaban J connectivity index is 1.79. The first-order chi connectivity index (χ1) is 13.2. The SMILES string of the molecule is CC(=O)Nc1ccc(S(=O)(=O)NCCC(=O)OCc2nc(C(C)C)no2)cc1. The summed E-state index contributed by atoms with van der Waals surface area (Å²) in [5.74, 6) is -0.0728. The van der Waals surface area contributed by atoms with Crippen LogP contribution >= 0.6 is 0 Å². The molecule has 1 heterocycles. The van der Waals surface area contributed by atoms with E-state index < -0.39 is 16.0 Å². The molecule has 0 aliphatic rings. The number of benzene rings is 1. The highest BCUT2D eigenvalue weighted by Crippen LogP contribution is 2.14. The van der Waals surface area contributed by atoms with E-state index in [1.807, 2.05) is 13.8 Å². The van der Waals surface area contributed by atoms with E-state index in [4.69, 9.17) is 9.26 Å². The summed E-state index contributed by atoms with van der Waals surface area (Å²) in [6.45, 7) is 4.86. The van der Waals surface area contributed by atoms with Crippen molar-refractivity contribution < 1.29 is 27.3 Å².